The van der Waals surface area contributed by atoms with Crippen LogP contribution in [-0.2, 0) is 6.42 Å². The number of allylic oxidation sites excluding steroid dienone is 2. The Morgan fingerprint density at radius 1 is 1.41 bits per heavy atom. The van der Waals surface area contributed by atoms with Crippen molar-refractivity contribution in [1.82, 2.24) is 20.3 Å². The number of hydrogen-bond acceptors (Lipinski definition) is 4. The Labute approximate surface area is 177 Å². The number of halogens is 3. The van der Waals surface area contributed by atoms with Crippen molar-refractivity contribution in [2.75, 3.05) is 0 Å². The van der Waals surface area contributed by atoms with E-state index in [1.807, 2.05) is 0 Å². The lowest BCUT2D eigenvalue weighted by atomic mass is 10.0. The summed E-state index contributed by atoms with van der Waals surface area (Å²) in [5.74, 6) is -0.369. The van der Waals surface area contributed by atoms with Gasteiger partial charge >= 0.3 is 0 Å². The SMILES string of the molecule is C=C/C(=C\N=C(/C)Cl)NC(=C)Cc1ccc(-c2cnc3[nH]cc(Cl)c3n2)cc1F. The van der Waals surface area contributed by atoms with E-state index >= 15 is 0 Å². The first-order valence-electron chi connectivity index (χ1n) is 8.63. The minimum atomic E-state index is -0.369. The first kappa shape index (κ1) is 20.8. The van der Waals surface area contributed by atoms with E-state index in [4.69, 9.17) is 23.2 Å². The molecule has 0 amide bonds. The molecule has 2 heterocycles. The molecule has 0 aliphatic carbocycles. The molecule has 3 rings (SSSR count). The summed E-state index contributed by atoms with van der Waals surface area (Å²) in [6, 6.07) is 4.90. The molecule has 5 nitrogen and oxygen atoms in total. The van der Waals surface area contributed by atoms with Gasteiger partial charge in [-0.05, 0) is 24.6 Å². The highest BCUT2D eigenvalue weighted by molar-refractivity contribution is 6.64. The van der Waals surface area contributed by atoms with Crippen molar-refractivity contribution in [3.63, 3.8) is 0 Å². The van der Waals surface area contributed by atoms with E-state index in [9.17, 15) is 4.39 Å². The summed E-state index contributed by atoms with van der Waals surface area (Å²) in [5, 5.41) is 3.90. The minimum absolute atomic E-state index is 0.287. The van der Waals surface area contributed by atoms with E-state index in [2.05, 4.69) is 38.4 Å². The van der Waals surface area contributed by atoms with Gasteiger partial charge in [-0.1, -0.05) is 48.5 Å². The van der Waals surface area contributed by atoms with Crippen LogP contribution in [0.4, 0.5) is 4.39 Å². The van der Waals surface area contributed by atoms with Gasteiger partial charge in [0.05, 0.1) is 28.8 Å². The molecule has 0 radical (unpaired) electrons. The van der Waals surface area contributed by atoms with Crippen molar-refractivity contribution >= 4 is 39.5 Å². The van der Waals surface area contributed by atoms with Crippen molar-refractivity contribution in [3.05, 3.63) is 83.8 Å². The highest BCUT2D eigenvalue weighted by Gasteiger charge is 2.11. The molecule has 0 unspecified atom stereocenters. The van der Waals surface area contributed by atoms with Crippen LogP contribution in [0, 0.1) is 5.82 Å². The van der Waals surface area contributed by atoms with Crippen LogP contribution < -0.4 is 5.32 Å². The second-order valence-electron chi connectivity index (χ2n) is 6.22. The maximum Gasteiger partial charge on any atom is 0.157 e. The Bertz CT molecular complexity index is 1140. The average Bonchev–Trinajstić information content (AvgIpc) is 3.07. The number of aliphatic imine (C=N–C) groups is 1. The molecule has 29 heavy (non-hydrogen) atoms. The summed E-state index contributed by atoms with van der Waals surface area (Å²) in [6.45, 7) is 9.30. The summed E-state index contributed by atoms with van der Waals surface area (Å²) in [6.07, 6.45) is 6.58. The summed E-state index contributed by atoms with van der Waals surface area (Å²) in [7, 11) is 0. The standard InChI is InChI=1S/C21H18Cl2FN5/c1-4-16(9-25-13(3)22)28-12(2)7-14-5-6-15(8-18(14)24)19-11-27-21-20(29-19)17(23)10-26-21/h4-6,8-11,28H,1-2,7H2,3H3,(H,26,27)/b16-9+,25-13+. The maximum atomic E-state index is 14.7. The first-order chi connectivity index (χ1) is 13.9. The van der Waals surface area contributed by atoms with Gasteiger partial charge in [0.2, 0.25) is 0 Å². The van der Waals surface area contributed by atoms with Gasteiger partial charge in [-0.15, -0.1) is 0 Å². The van der Waals surface area contributed by atoms with Gasteiger partial charge in [0, 0.05) is 23.9 Å². The lowest BCUT2D eigenvalue weighted by Crippen LogP contribution is -2.13. The minimum Gasteiger partial charge on any atom is -0.358 e. The van der Waals surface area contributed by atoms with Gasteiger partial charge in [0.15, 0.2) is 5.65 Å². The predicted molar refractivity (Wildman–Crippen MR) is 118 cm³/mol. The Balaban J connectivity index is 1.77. The van der Waals surface area contributed by atoms with Crippen LogP contribution in [0.3, 0.4) is 0 Å². The van der Waals surface area contributed by atoms with Gasteiger partial charge < -0.3 is 10.3 Å². The van der Waals surface area contributed by atoms with Crippen LogP contribution in [0.2, 0.25) is 5.02 Å². The van der Waals surface area contributed by atoms with Crippen LogP contribution >= 0.6 is 23.2 Å². The molecular formula is C21H18Cl2FN5. The fraction of sp³-hybridized carbons (Fsp3) is 0.0952. The van der Waals surface area contributed by atoms with Gasteiger partial charge in [-0.3, -0.25) is 0 Å². The number of nitrogens with zero attached hydrogens (tertiary/aromatic N) is 3. The second kappa shape index (κ2) is 9.03. The van der Waals surface area contributed by atoms with Crippen LogP contribution in [0.1, 0.15) is 12.5 Å². The molecule has 0 atom stereocenters. The molecule has 0 saturated carbocycles. The van der Waals surface area contributed by atoms with Crippen LogP contribution in [0.15, 0.2) is 72.4 Å². The first-order valence-corrected chi connectivity index (χ1v) is 9.38. The van der Waals surface area contributed by atoms with Crippen molar-refractivity contribution in [2.45, 2.75) is 13.3 Å². The number of nitrogens with one attached hydrogen (secondary N) is 2. The average molecular weight is 430 g/mol. The second-order valence-corrected chi connectivity index (χ2v) is 7.17. The third-order valence-electron chi connectivity index (χ3n) is 4.01. The quantitative estimate of drug-likeness (QED) is 0.371. The third kappa shape index (κ3) is 5.10. The summed E-state index contributed by atoms with van der Waals surface area (Å²) in [4.78, 5) is 15.6. The van der Waals surface area contributed by atoms with E-state index in [0.29, 0.717) is 49.6 Å². The lowest BCUT2D eigenvalue weighted by molar-refractivity contribution is 0.612. The third-order valence-corrected chi connectivity index (χ3v) is 4.40. The molecule has 2 aromatic heterocycles. The largest absolute Gasteiger partial charge is 0.358 e. The van der Waals surface area contributed by atoms with Crippen LogP contribution in [0.5, 0.6) is 0 Å². The molecule has 148 valence electrons. The number of aromatic nitrogens is 3. The number of fused-ring (bicyclic) bond motifs is 1. The number of rotatable bonds is 7. The normalized spacial score (nSPS) is 12.3. The predicted octanol–water partition coefficient (Wildman–Crippen LogP) is 5.75. The Kier molecular flexibility index (Phi) is 6.46. The van der Waals surface area contributed by atoms with E-state index in [1.165, 1.54) is 12.3 Å². The Morgan fingerprint density at radius 2 is 2.21 bits per heavy atom. The van der Waals surface area contributed by atoms with E-state index < -0.39 is 0 Å². The number of benzene rings is 1. The molecule has 8 heteroatoms. The molecule has 0 aliphatic heterocycles. The smallest absolute Gasteiger partial charge is 0.157 e. The highest BCUT2D eigenvalue weighted by atomic mass is 35.5. The van der Waals surface area contributed by atoms with Gasteiger partial charge in [0.1, 0.15) is 16.5 Å². The highest BCUT2D eigenvalue weighted by Crippen LogP contribution is 2.25. The zero-order valence-electron chi connectivity index (χ0n) is 15.6. The molecule has 0 spiro atoms. The molecule has 3 aromatic rings. The van der Waals surface area contributed by atoms with Crippen LogP contribution in [0.25, 0.3) is 22.4 Å². The number of H-pyrrole nitrogens is 1. The monoisotopic (exact) mass is 429 g/mol. The molecular weight excluding hydrogens is 412 g/mol. The Hall–Kier alpha value is -2.96. The fourth-order valence-corrected chi connectivity index (χ4v) is 2.86. The van der Waals surface area contributed by atoms with E-state index in [-0.39, 0.29) is 12.2 Å². The molecule has 1 aromatic carbocycles. The van der Waals surface area contributed by atoms with Gasteiger partial charge in [-0.2, -0.15) is 0 Å². The maximum absolute atomic E-state index is 14.7. The fourth-order valence-electron chi connectivity index (χ4n) is 2.62. The van der Waals surface area contributed by atoms with Gasteiger partial charge in [-0.25, -0.2) is 19.4 Å². The lowest BCUT2D eigenvalue weighted by Gasteiger charge is -2.11. The van der Waals surface area contributed by atoms with Crippen molar-refractivity contribution in [1.29, 1.82) is 0 Å². The summed E-state index contributed by atoms with van der Waals surface area (Å²) in [5.41, 5.74) is 3.95. The summed E-state index contributed by atoms with van der Waals surface area (Å²) < 4.78 is 14.7. The molecule has 0 saturated heterocycles. The van der Waals surface area contributed by atoms with E-state index in [0.717, 1.165) is 0 Å². The van der Waals surface area contributed by atoms with Crippen molar-refractivity contribution in [2.24, 2.45) is 4.99 Å². The Morgan fingerprint density at radius 3 is 2.90 bits per heavy atom. The van der Waals surface area contributed by atoms with Crippen LogP contribution in [-0.4, -0.2) is 20.1 Å². The van der Waals surface area contributed by atoms with Gasteiger partial charge in [0.25, 0.3) is 0 Å². The molecule has 0 bridgehead atoms. The van der Waals surface area contributed by atoms with Crippen molar-refractivity contribution < 1.29 is 4.39 Å². The molecule has 0 aliphatic rings. The zero-order valence-corrected chi connectivity index (χ0v) is 17.2. The van der Waals surface area contributed by atoms with E-state index in [1.54, 1.807) is 37.5 Å². The number of aromatic amines is 1. The topological polar surface area (TPSA) is 66.0 Å². The van der Waals surface area contributed by atoms with Crippen molar-refractivity contribution in [3.8, 4) is 11.3 Å². The summed E-state index contributed by atoms with van der Waals surface area (Å²) >= 11 is 11.8. The zero-order chi connectivity index (χ0) is 21.0. The molecule has 2 N–H and O–H groups in total. The number of hydrogen-bond donors (Lipinski definition) is 2. The molecule has 0 fully saturated rings.